The highest BCUT2D eigenvalue weighted by molar-refractivity contribution is 8.09. The molecule has 6 rings (SSSR count). The van der Waals surface area contributed by atoms with E-state index in [2.05, 4.69) is 0 Å². The minimum Gasteiger partial charge on any atom is -0.304 e. The van der Waals surface area contributed by atoms with Gasteiger partial charge in [-0.1, -0.05) is 35.3 Å². The van der Waals surface area contributed by atoms with Crippen molar-refractivity contribution in [3.63, 3.8) is 0 Å². The lowest BCUT2D eigenvalue weighted by molar-refractivity contribution is -0.138. The van der Waals surface area contributed by atoms with Gasteiger partial charge in [0.25, 0.3) is 0 Å². The molecule has 3 saturated heterocycles. The van der Waals surface area contributed by atoms with Crippen molar-refractivity contribution in [1.82, 2.24) is 14.7 Å². The van der Waals surface area contributed by atoms with Crippen LogP contribution in [0.25, 0.3) is 0 Å². The van der Waals surface area contributed by atoms with E-state index < -0.39 is 0 Å². The molecule has 0 aromatic heterocycles. The number of amides is 3. The zero-order valence-corrected chi connectivity index (χ0v) is 14.7. The molecule has 0 N–H and O–H groups in total. The Bertz CT molecular complexity index is 848. The number of thioether (sulfide) groups is 3. The summed E-state index contributed by atoms with van der Waals surface area (Å²) in [4.78, 5) is 44.1. The number of carbonyl (C=O) groups is 3. The lowest BCUT2D eigenvalue weighted by Gasteiger charge is -2.35. The maximum Gasteiger partial charge on any atom is 0.231 e. The van der Waals surface area contributed by atoms with Gasteiger partial charge in [-0.2, -0.15) is 0 Å². The van der Waals surface area contributed by atoms with Gasteiger partial charge in [0.1, 0.15) is 0 Å². The molecule has 0 spiro atoms. The topological polar surface area (TPSA) is 60.9 Å². The Balaban J connectivity index is 1.42. The number of hydrogen-bond acceptors (Lipinski definition) is 6. The SMILES string of the molecule is O=C1C[C@H]2SC(C3=C(C4=CN5C(=O)C[C@H]5S4)N4C(=O)C[C@H]4S3)=CN12. The molecular weight excluding hydrogens is 366 g/mol. The molecule has 0 saturated carbocycles. The second-order valence-electron chi connectivity index (χ2n) is 6.36. The zero-order chi connectivity index (χ0) is 16.2. The first-order valence-corrected chi connectivity index (χ1v) is 10.4. The molecule has 0 aromatic rings. The van der Waals surface area contributed by atoms with E-state index >= 15 is 0 Å². The molecule has 3 fully saturated rings. The van der Waals surface area contributed by atoms with E-state index in [1.54, 1.807) is 45.1 Å². The van der Waals surface area contributed by atoms with Gasteiger partial charge in [-0.25, -0.2) is 0 Å². The number of fused-ring (bicyclic) bond motifs is 3. The molecule has 6 heterocycles. The van der Waals surface area contributed by atoms with Crippen molar-refractivity contribution in [2.24, 2.45) is 0 Å². The van der Waals surface area contributed by atoms with E-state index in [0.29, 0.717) is 19.3 Å². The van der Waals surface area contributed by atoms with E-state index in [0.717, 1.165) is 20.4 Å². The molecule has 3 amide bonds. The molecule has 6 aliphatic rings. The molecule has 6 nitrogen and oxygen atoms in total. The molecule has 6 aliphatic heterocycles. The van der Waals surface area contributed by atoms with Crippen LogP contribution in [-0.2, 0) is 14.4 Å². The Morgan fingerprint density at radius 1 is 0.750 bits per heavy atom. The van der Waals surface area contributed by atoms with Crippen LogP contribution < -0.4 is 0 Å². The lowest BCUT2D eigenvalue weighted by atomic mass is 10.1. The summed E-state index contributed by atoms with van der Waals surface area (Å²) >= 11 is 5.09. The average molecular weight is 377 g/mol. The van der Waals surface area contributed by atoms with Gasteiger partial charge in [0, 0.05) is 22.2 Å². The summed E-state index contributed by atoms with van der Waals surface area (Å²) < 4.78 is 0. The van der Waals surface area contributed by atoms with Crippen LogP contribution in [0, 0.1) is 0 Å². The third-order valence-corrected chi connectivity index (χ3v) is 8.88. The van der Waals surface area contributed by atoms with Gasteiger partial charge in [0.15, 0.2) is 0 Å². The highest BCUT2D eigenvalue weighted by Crippen LogP contribution is 2.59. The third kappa shape index (κ3) is 1.60. The number of β-lactam (4-membered cyclic amide) rings is 3. The quantitative estimate of drug-likeness (QED) is 0.684. The van der Waals surface area contributed by atoms with Gasteiger partial charge in [0.2, 0.25) is 17.7 Å². The first-order valence-electron chi connectivity index (χ1n) is 7.73. The zero-order valence-electron chi connectivity index (χ0n) is 12.3. The third-order valence-electron chi connectivity index (χ3n) is 5.01. The Labute approximate surface area is 150 Å². The predicted molar refractivity (Wildman–Crippen MR) is 91.7 cm³/mol. The molecular formula is C15H11N3O3S3. The van der Waals surface area contributed by atoms with Crippen molar-refractivity contribution < 1.29 is 14.4 Å². The van der Waals surface area contributed by atoms with Crippen molar-refractivity contribution in [2.75, 3.05) is 0 Å². The normalized spacial score (nSPS) is 36.1. The van der Waals surface area contributed by atoms with Crippen LogP contribution in [-0.4, -0.2) is 48.5 Å². The Hall–Kier alpha value is -1.32. The molecule has 0 unspecified atom stereocenters. The summed E-state index contributed by atoms with van der Waals surface area (Å²) in [5.74, 6) is 0.449. The lowest BCUT2D eigenvalue weighted by Crippen LogP contribution is -2.47. The molecule has 0 radical (unpaired) electrons. The van der Waals surface area contributed by atoms with Crippen molar-refractivity contribution >= 4 is 53.0 Å². The number of carbonyl (C=O) groups excluding carboxylic acids is 3. The first kappa shape index (κ1) is 13.9. The second-order valence-corrected chi connectivity index (χ2v) is 9.99. The fourth-order valence-electron chi connectivity index (χ4n) is 3.60. The maximum absolute atomic E-state index is 12.1. The largest absolute Gasteiger partial charge is 0.304 e. The molecule has 122 valence electrons. The Morgan fingerprint density at radius 2 is 1.33 bits per heavy atom. The van der Waals surface area contributed by atoms with E-state index in [4.69, 9.17) is 0 Å². The summed E-state index contributed by atoms with van der Waals surface area (Å²) in [5.41, 5.74) is 0.946. The van der Waals surface area contributed by atoms with Gasteiger partial charge >= 0.3 is 0 Å². The Kier molecular flexibility index (Phi) is 2.58. The molecule has 9 heteroatoms. The molecule has 0 aliphatic carbocycles. The molecule has 0 bridgehead atoms. The van der Waals surface area contributed by atoms with Crippen molar-refractivity contribution in [3.05, 3.63) is 32.8 Å². The summed E-state index contributed by atoms with van der Waals surface area (Å²) in [5, 5.41) is 0.573. The second kappa shape index (κ2) is 4.44. The van der Waals surface area contributed by atoms with Gasteiger partial charge < -0.3 is 9.80 Å². The highest BCUT2D eigenvalue weighted by atomic mass is 32.2. The van der Waals surface area contributed by atoms with Crippen LogP contribution in [0.4, 0.5) is 0 Å². The average Bonchev–Trinajstić information content (AvgIpc) is 3.15. The maximum atomic E-state index is 12.1. The smallest absolute Gasteiger partial charge is 0.231 e. The molecule has 24 heavy (non-hydrogen) atoms. The minimum absolute atomic E-state index is 0.141. The van der Waals surface area contributed by atoms with Gasteiger partial charge in [0.05, 0.1) is 46.0 Å². The molecule has 3 atom stereocenters. The van der Waals surface area contributed by atoms with Crippen LogP contribution in [0.2, 0.25) is 0 Å². The van der Waals surface area contributed by atoms with E-state index in [-0.39, 0.29) is 33.8 Å². The fourth-order valence-corrected chi connectivity index (χ4v) is 7.76. The summed E-state index contributed by atoms with van der Waals surface area (Å²) in [6.07, 6.45) is 5.54. The first-order chi connectivity index (χ1) is 11.6. The molecule has 0 aromatic carbocycles. The number of nitrogens with zero attached hydrogens (tertiary/aromatic N) is 3. The predicted octanol–water partition coefficient (Wildman–Crippen LogP) is 1.80. The summed E-state index contributed by atoms with van der Waals surface area (Å²) in [7, 11) is 0. The Morgan fingerprint density at radius 3 is 1.92 bits per heavy atom. The minimum atomic E-state index is 0.141. The summed E-state index contributed by atoms with van der Waals surface area (Å²) in [6, 6.07) is 0. The van der Waals surface area contributed by atoms with Gasteiger partial charge in [-0.05, 0) is 0 Å². The van der Waals surface area contributed by atoms with Crippen molar-refractivity contribution in [1.29, 1.82) is 0 Å². The van der Waals surface area contributed by atoms with Crippen LogP contribution in [0.5, 0.6) is 0 Å². The van der Waals surface area contributed by atoms with Crippen molar-refractivity contribution in [3.8, 4) is 0 Å². The number of hydrogen-bond donors (Lipinski definition) is 0. The van der Waals surface area contributed by atoms with Crippen molar-refractivity contribution in [2.45, 2.75) is 35.4 Å². The van der Waals surface area contributed by atoms with Gasteiger partial charge in [-0.3, -0.25) is 19.3 Å². The van der Waals surface area contributed by atoms with Crippen LogP contribution >= 0.6 is 35.3 Å². The van der Waals surface area contributed by atoms with Crippen LogP contribution in [0.3, 0.4) is 0 Å². The monoisotopic (exact) mass is 377 g/mol. The van der Waals surface area contributed by atoms with Gasteiger partial charge in [-0.15, -0.1) is 0 Å². The van der Waals surface area contributed by atoms with E-state index in [1.165, 1.54) is 0 Å². The van der Waals surface area contributed by atoms with E-state index in [9.17, 15) is 14.4 Å². The number of rotatable bonds is 2. The van der Waals surface area contributed by atoms with Crippen LogP contribution in [0.15, 0.2) is 32.8 Å². The summed E-state index contributed by atoms with van der Waals surface area (Å²) in [6.45, 7) is 0. The fraction of sp³-hybridized carbons (Fsp3) is 0.400. The standard InChI is InChI=1S/C15H11N3O3S3/c19-8-1-11-16(8)4-6(22-11)14-15(24-13-3-10(21)18(13)14)7-5-17-9(20)2-12(17)23-7/h4-5,11-13H,1-3H2/t11-,12-,13-/m1/s1. The van der Waals surface area contributed by atoms with E-state index in [1.807, 2.05) is 17.3 Å². The van der Waals surface area contributed by atoms with Crippen LogP contribution in [0.1, 0.15) is 19.3 Å². The highest BCUT2D eigenvalue weighted by Gasteiger charge is 2.52.